The molecule has 0 atom stereocenters. The van der Waals surface area contributed by atoms with Crippen LogP contribution >= 0.6 is 11.8 Å². The second-order valence-corrected chi connectivity index (χ2v) is 7.75. The number of amides is 1. The molecule has 1 N–H and O–H groups in total. The van der Waals surface area contributed by atoms with Crippen LogP contribution in [-0.4, -0.2) is 33.0 Å². The monoisotopic (exact) mass is 310 g/mol. The van der Waals surface area contributed by atoms with Crippen molar-refractivity contribution >= 4 is 17.7 Å². The predicted molar refractivity (Wildman–Crippen MR) is 85.5 cm³/mol. The standard InChI is InChI=1S/C15H26N4OS/c1-5-19-13(11-6-7-11)17-18-14(19)21-10-12(20)16-9-8-15(2,3)4/h11H,5-10H2,1-4H3,(H,16,20). The van der Waals surface area contributed by atoms with Gasteiger partial charge in [0.15, 0.2) is 5.16 Å². The molecule has 0 spiro atoms. The van der Waals surface area contributed by atoms with Gasteiger partial charge < -0.3 is 9.88 Å². The Morgan fingerprint density at radius 1 is 1.38 bits per heavy atom. The predicted octanol–water partition coefficient (Wildman–Crippen LogP) is 2.82. The highest BCUT2D eigenvalue weighted by Crippen LogP contribution is 2.39. The number of nitrogens with zero attached hydrogens (tertiary/aromatic N) is 3. The van der Waals surface area contributed by atoms with E-state index in [1.165, 1.54) is 24.6 Å². The summed E-state index contributed by atoms with van der Waals surface area (Å²) in [6.45, 7) is 10.2. The minimum atomic E-state index is 0.0721. The molecule has 1 aliphatic rings. The zero-order chi connectivity index (χ0) is 15.5. The van der Waals surface area contributed by atoms with Crippen LogP contribution in [0.2, 0.25) is 0 Å². The van der Waals surface area contributed by atoms with Crippen LogP contribution in [-0.2, 0) is 11.3 Å². The van der Waals surface area contributed by atoms with Crippen molar-refractivity contribution in [1.82, 2.24) is 20.1 Å². The number of hydrogen-bond donors (Lipinski definition) is 1. The van der Waals surface area contributed by atoms with E-state index in [1.54, 1.807) is 0 Å². The molecule has 0 saturated heterocycles. The third kappa shape index (κ3) is 5.02. The summed E-state index contributed by atoms with van der Waals surface area (Å²) < 4.78 is 2.14. The molecule has 118 valence electrons. The first-order valence-electron chi connectivity index (χ1n) is 7.73. The molecule has 1 aliphatic carbocycles. The van der Waals surface area contributed by atoms with Crippen molar-refractivity contribution in [3.8, 4) is 0 Å². The lowest BCUT2D eigenvalue weighted by molar-refractivity contribution is -0.118. The largest absolute Gasteiger partial charge is 0.355 e. The highest BCUT2D eigenvalue weighted by Gasteiger charge is 2.30. The van der Waals surface area contributed by atoms with Crippen LogP contribution in [0.25, 0.3) is 0 Å². The number of aromatic nitrogens is 3. The van der Waals surface area contributed by atoms with Gasteiger partial charge in [-0.05, 0) is 31.6 Å². The zero-order valence-corrected chi connectivity index (χ0v) is 14.3. The summed E-state index contributed by atoms with van der Waals surface area (Å²) in [6, 6.07) is 0. The Balaban J connectivity index is 1.78. The smallest absolute Gasteiger partial charge is 0.230 e. The third-order valence-corrected chi connectivity index (χ3v) is 4.50. The van der Waals surface area contributed by atoms with E-state index in [1.807, 2.05) is 0 Å². The first-order valence-corrected chi connectivity index (χ1v) is 8.72. The SMILES string of the molecule is CCn1c(SCC(=O)NCCC(C)(C)C)nnc1C1CC1. The van der Waals surface area contributed by atoms with Gasteiger partial charge in [0.05, 0.1) is 5.75 Å². The normalized spacial score (nSPS) is 15.2. The Bertz CT molecular complexity index is 488. The quantitative estimate of drug-likeness (QED) is 0.787. The van der Waals surface area contributed by atoms with Crippen molar-refractivity contribution in [2.24, 2.45) is 5.41 Å². The van der Waals surface area contributed by atoms with Crippen molar-refractivity contribution < 1.29 is 4.79 Å². The maximum absolute atomic E-state index is 11.9. The van der Waals surface area contributed by atoms with Gasteiger partial charge in [-0.15, -0.1) is 10.2 Å². The van der Waals surface area contributed by atoms with Gasteiger partial charge in [0.25, 0.3) is 0 Å². The van der Waals surface area contributed by atoms with Crippen LogP contribution < -0.4 is 5.32 Å². The van der Waals surface area contributed by atoms with Gasteiger partial charge in [0, 0.05) is 19.0 Å². The van der Waals surface area contributed by atoms with Crippen molar-refractivity contribution in [3.05, 3.63) is 5.82 Å². The summed E-state index contributed by atoms with van der Waals surface area (Å²) in [5, 5.41) is 12.4. The van der Waals surface area contributed by atoms with E-state index in [0.29, 0.717) is 11.7 Å². The maximum Gasteiger partial charge on any atom is 0.230 e. The highest BCUT2D eigenvalue weighted by atomic mass is 32.2. The molecule has 21 heavy (non-hydrogen) atoms. The van der Waals surface area contributed by atoms with E-state index in [9.17, 15) is 4.79 Å². The van der Waals surface area contributed by atoms with Crippen LogP contribution in [0, 0.1) is 5.41 Å². The Kier molecular flexibility index (Phi) is 5.30. The second kappa shape index (κ2) is 6.81. The van der Waals surface area contributed by atoms with E-state index in [2.05, 4.69) is 47.8 Å². The van der Waals surface area contributed by atoms with Crippen molar-refractivity contribution in [3.63, 3.8) is 0 Å². The number of carbonyl (C=O) groups excluding carboxylic acids is 1. The summed E-state index contributed by atoms with van der Waals surface area (Å²) >= 11 is 1.48. The molecule has 0 aliphatic heterocycles. The first kappa shape index (κ1) is 16.3. The van der Waals surface area contributed by atoms with Gasteiger partial charge in [-0.2, -0.15) is 0 Å². The zero-order valence-electron chi connectivity index (χ0n) is 13.5. The number of carbonyl (C=O) groups is 1. The molecule has 0 radical (unpaired) electrons. The topological polar surface area (TPSA) is 59.8 Å². The minimum absolute atomic E-state index is 0.0721. The number of hydrogen-bond acceptors (Lipinski definition) is 4. The fourth-order valence-electron chi connectivity index (χ4n) is 2.11. The average Bonchev–Trinajstić information content (AvgIpc) is 3.15. The van der Waals surface area contributed by atoms with Gasteiger partial charge in [-0.25, -0.2) is 0 Å². The molecular formula is C15H26N4OS. The number of rotatable bonds is 7. The second-order valence-electron chi connectivity index (χ2n) is 6.81. The molecule has 1 fully saturated rings. The summed E-state index contributed by atoms with van der Waals surface area (Å²) in [7, 11) is 0. The molecule has 0 bridgehead atoms. The summed E-state index contributed by atoms with van der Waals surface area (Å²) in [5.74, 6) is 2.16. The van der Waals surface area contributed by atoms with Crippen molar-refractivity contribution in [1.29, 1.82) is 0 Å². The van der Waals surface area contributed by atoms with E-state index in [4.69, 9.17) is 0 Å². The van der Waals surface area contributed by atoms with Gasteiger partial charge >= 0.3 is 0 Å². The Hall–Kier alpha value is -1.04. The Morgan fingerprint density at radius 2 is 2.10 bits per heavy atom. The molecule has 1 saturated carbocycles. The Morgan fingerprint density at radius 3 is 2.67 bits per heavy atom. The molecule has 0 unspecified atom stereocenters. The minimum Gasteiger partial charge on any atom is -0.355 e. The molecule has 1 amide bonds. The fraction of sp³-hybridized carbons (Fsp3) is 0.800. The molecule has 5 nitrogen and oxygen atoms in total. The highest BCUT2D eigenvalue weighted by molar-refractivity contribution is 7.99. The lowest BCUT2D eigenvalue weighted by atomic mass is 9.92. The molecule has 6 heteroatoms. The first-order chi connectivity index (χ1) is 9.90. The number of thioether (sulfide) groups is 1. The Labute approximate surface area is 131 Å². The van der Waals surface area contributed by atoms with Gasteiger partial charge in [0.1, 0.15) is 5.82 Å². The molecule has 2 rings (SSSR count). The van der Waals surface area contributed by atoms with Crippen LogP contribution in [0.4, 0.5) is 0 Å². The average molecular weight is 310 g/mol. The molecule has 1 aromatic rings. The summed E-state index contributed by atoms with van der Waals surface area (Å²) in [6.07, 6.45) is 3.42. The lowest BCUT2D eigenvalue weighted by Crippen LogP contribution is -2.28. The van der Waals surface area contributed by atoms with E-state index in [-0.39, 0.29) is 11.3 Å². The van der Waals surface area contributed by atoms with Crippen LogP contribution in [0.15, 0.2) is 5.16 Å². The van der Waals surface area contributed by atoms with Crippen molar-refractivity contribution in [2.75, 3.05) is 12.3 Å². The molecule has 1 heterocycles. The van der Waals surface area contributed by atoms with Crippen molar-refractivity contribution in [2.45, 2.75) is 64.6 Å². The van der Waals surface area contributed by atoms with E-state index < -0.39 is 0 Å². The van der Waals surface area contributed by atoms with Gasteiger partial charge in [-0.1, -0.05) is 32.5 Å². The summed E-state index contributed by atoms with van der Waals surface area (Å²) in [5.41, 5.74) is 0.252. The summed E-state index contributed by atoms with van der Waals surface area (Å²) in [4.78, 5) is 11.9. The van der Waals surface area contributed by atoms with Crippen LogP contribution in [0.3, 0.4) is 0 Å². The molecule has 1 aromatic heterocycles. The molecular weight excluding hydrogens is 284 g/mol. The number of nitrogens with one attached hydrogen (secondary N) is 1. The van der Waals surface area contributed by atoms with E-state index >= 15 is 0 Å². The van der Waals surface area contributed by atoms with Crippen LogP contribution in [0.5, 0.6) is 0 Å². The molecule has 0 aromatic carbocycles. The van der Waals surface area contributed by atoms with Gasteiger partial charge in [0.2, 0.25) is 5.91 Å². The fourth-order valence-corrected chi connectivity index (χ4v) is 2.94. The van der Waals surface area contributed by atoms with Gasteiger partial charge in [-0.3, -0.25) is 4.79 Å². The maximum atomic E-state index is 11.9. The van der Waals surface area contributed by atoms with E-state index in [0.717, 1.165) is 30.5 Å². The third-order valence-electron chi connectivity index (χ3n) is 3.53. The lowest BCUT2D eigenvalue weighted by Gasteiger charge is -2.17. The van der Waals surface area contributed by atoms with Crippen LogP contribution in [0.1, 0.15) is 58.7 Å².